The Hall–Kier alpha value is -2.79. The third kappa shape index (κ3) is 5.10. The van der Waals surface area contributed by atoms with Crippen LogP contribution in [0.4, 0.5) is 22.0 Å². The Morgan fingerprint density at radius 3 is 2.65 bits per heavy atom. The van der Waals surface area contributed by atoms with Gasteiger partial charge in [-0.2, -0.15) is 28.5 Å². The first kappa shape index (κ1) is 19.5. The van der Waals surface area contributed by atoms with E-state index in [-0.39, 0.29) is 5.69 Å². The summed E-state index contributed by atoms with van der Waals surface area (Å²) in [6.07, 6.45) is -4.96. The lowest BCUT2D eigenvalue weighted by Crippen LogP contribution is -2.28. The number of hydrogen-bond acceptors (Lipinski definition) is 4. The highest BCUT2D eigenvalue weighted by atomic mass is 19.4. The van der Waals surface area contributed by atoms with E-state index in [0.717, 1.165) is 17.1 Å². The van der Waals surface area contributed by atoms with Crippen molar-refractivity contribution < 1.29 is 26.7 Å². The first-order valence-electron chi connectivity index (χ1n) is 7.34. The van der Waals surface area contributed by atoms with E-state index in [9.17, 15) is 26.7 Å². The van der Waals surface area contributed by atoms with E-state index in [1.54, 1.807) is 0 Å². The molecule has 0 radical (unpaired) electrons. The van der Waals surface area contributed by atoms with Crippen molar-refractivity contribution in [2.75, 3.05) is 0 Å². The Labute approximate surface area is 144 Å². The van der Waals surface area contributed by atoms with Gasteiger partial charge >= 0.3 is 6.18 Å². The molecule has 2 heterocycles. The number of rotatable bonds is 6. The molecular formula is C14H15F5N6O. The smallest absolute Gasteiger partial charge is 0.271 e. The van der Waals surface area contributed by atoms with E-state index >= 15 is 0 Å². The quantitative estimate of drug-likeness (QED) is 0.477. The molecule has 7 nitrogen and oxygen atoms in total. The number of nitrogens with one attached hydrogen (secondary N) is 1. The number of carbonyl (C=O) groups excluding carboxylic acids is 1. The van der Waals surface area contributed by atoms with Crippen molar-refractivity contribution >= 4 is 12.1 Å². The molecule has 2 aromatic heterocycles. The van der Waals surface area contributed by atoms with Crippen molar-refractivity contribution in [3.05, 3.63) is 35.4 Å². The topological polar surface area (TPSA) is 77.1 Å². The lowest BCUT2D eigenvalue weighted by atomic mass is 10.3. The summed E-state index contributed by atoms with van der Waals surface area (Å²) >= 11 is 0. The van der Waals surface area contributed by atoms with Crippen LogP contribution >= 0.6 is 0 Å². The highest BCUT2D eigenvalue weighted by Gasteiger charge is 2.28. The van der Waals surface area contributed by atoms with Gasteiger partial charge in [0.2, 0.25) is 0 Å². The maximum atomic E-state index is 12.6. The standard InChI is InChI=1S/C14H15F5N6O/c1-8-5-11(12(15)16)23-25(8)9(2)13(26)21-20-6-10-3-4-24(22-10)7-14(17,18)19/h3-6,9,12H,7H2,1-2H3,(H,21,26)/b20-6+. The number of aryl methyl sites for hydroxylation is 1. The minimum atomic E-state index is -4.40. The van der Waals surface area contributed by atoms with Crippen LogP contribution in [0.1, 0.15) is 36.5 Å². The van der Waals surface area contributed by atoms with E-state index < -0.39 is 36.8 Å². The van der Waals surface area contributed by atoms with Gasteiger partial charge in [-0.3, -0.25) is 14.2 Å². The molecule has 12 heteroatoms. The average Bonchev–Trinajstić information content (AvgIpc) is 3.11. The minimum absolute atomic E-state index is 0.109. The predicted octanol–water partition coefficient (Wildman–Crippen LogP) is 2.60. The molecule has 1 amide bonds. The molecule has 2 aromatic rings. The van der Waals surface area contributed by atoms with Gasteiger partial charge < -0.3 is 0 Å². The number of hydrazone groups is 1. The largest absolute Gasteiger partial charge is 0.408 e. The summed E-state index contributed by atoms with van der Waals surface area (Å²) in [5.74, 6) is -0.636. The minimum Gasteiger partial charge on any atom is -0.271 e. The van der Waals surface area contributed by atoms with Gasteiger partial charge in [-0.25, -0.2) is 14.2 Å². The van der Waals surface area contributed by atoms with Crippen LogP contribution in [0.15, 0.2) is 23.4 Å². The zero-order chi connectivity index (χ0) is 19.5. The van der Waals surface area contributed by atoms with Crippen LogP contribution in [0, 0.1) is 6.92 Å². The second kappa shape index (κ2) is 7.62. The number of aromatic nitrogens is 4. The molecule has 1 unspecified atom stereocenters. The van der Waals surface area contributed by atoms with E-state index in [4.69, 9.17) is 0 Å². The van der Waals surface area contributed by atoms with Gasteiger partial charge in [0.25, 0.3) is 12.3 Å². The third-order valence-corrected chi connectivity index (χ3v) is 3.29. The Bertz CT molecular complexity index is 794. The maximum absolute atomic E-state index is 12.6. The summed E-state index contributed by atoms with van der Waals surface area (Å²) in [7, 11) is 0. The average molecular weight is 378 g/mol. The van der Waals surface area contributed by atoms with Gasteiger partial charge in [0.05, 0.1) is 6.21 Å². The summed E-state index contributed by atoms with van der Waals surface area (Å²) < 4.78 is 63.8. The second-order valence-corrected chi connectivity index (χ2v) is 5.42. The molecule has 0 bridgehead atoms. The van der Waals surface area contributed by atoms with Crippen molar-refractivity contribution in [1.29, 1.82) is 0 Å². The van der Waals surface area contributed by atoms with Gasteiger partial charge in [0, 0.05) is 11.9 Å². The molecule has 0 saturated carbocycles. The monoisotopic (exact) mass is 378 g/mol. The molecule has 0 aliphatic rings. The fraction of sp³-hybridized carbons (Fsp3) is 0.429. The van der Waals surface area contributed by atoms with Crippen LogP contribution in [-0.4, -0.2) is 37.9 Å². The highest BCUT2D eigenvalue weighted by Crippen LogP contribution is 2.20. The fourth-order valence-corrected chi connectivity index (χ4v) is 2.10. The zero-order valence-corrected chi connectivity index (χ0v) is 13.7. The first-order chi connectivity index (χ1) is 12.1. The lowest BCUT2D eigenvalue weighted by molar-refractivity contribution is -0.142. The number of nitrogens with zero attached hydrogens (tertiary/aromatic N) is 5. The first-order valence-corrected chi connectivity index (χ1v) is 7.34. The molecule has 0 aliphatic carbocycles. The zero-order valence-electron chi connectivity index (χ0n) is 13.7. The van der Waals surface area contributed by atoms with Crippen molar-refractivity contribution in [1.82, 2.24) is 25.0 Å². The summed E-state index contributed by atoms with van der Waals surface area (Å²) in [6.45, 7) is 1.73. The summed E-state index contributed by atoms with van der Waals surface area (Å²) in [5.41, 5.74) is 2.20. The van der Waals surface area contributed by atoms with Gasteiger partial charge in [0.15, 0.2) is 0 Å². The third-order valence-electron chi connectivity index (χ3n) is 3.29. The molecule has 142 valence electrons. The molecular weight excluding hydrogens is 363 g/mol. The van der Waals surface area contributed by atoms with E-state index in [2.05, 4.69) is 20.7 Å². The number of amides is 1. The van der Waals surface area contributed by atoms with Crippen molar-refractivity contribution in [3.8, 4) is 0 Å². The summed E-state index contributed by atoms with van der Waals surface area (Å²) in [4.78, 5) is 12.0. The molecule has 1 N–H and O–H groups in total. The molecule has 0 aromatic carbocycles. The Morgan fingerprint density at radius 2 is 2.08 bits per heavy atom. The molecule has 0 aliphatic heterocycles. The van der Waals surface area contributed by atoms with E-state index in [1.807, 2.05) is 0 Å². The Balaban J connectivity index is 1.96. The van der Waals surface area contributed by atoms with Crippen molar-refractivity contribution in [3.63, 3.8) is 0 Å². The molecule has 2 rings (SSSR count). The number of carbonyl (C=O) groups is 1. The summed E-state index contributed by atoms with van der Waals surface area (Å²) in [5, 5.41) is 10.9. The number of halogens is 5. The summed E-state index contributed by atoms with van der Waals surface area (Å²) in [6, 6.07) is 1.55. The normalized spacial score (nSPS) is 13.5. The second-order valence-electron chi connectivity index (χ2n) is 5.42. The van der Waals surface area contributed by atoms with Gasteiger partial charge in [-0.15, -0.1) is 0 Å². The SMILES string of the molecule is Cc1cc(C(F)F)nn1C(C)C(=O)N/N=C/c1ccn(CC(F)(F)F)n1. The molecule has 0 saturated heterocycles. The molecule has 0 spiro atoms. The van der Waals surface area contributed by atoms with Crippen LogP contribution in [0.2, 0.25) is 0 Å². The van der Waals surface area contributed by atoms with E-state index in [0.29, 0.717) is 10.4 Å². The van der Waals surface area contributed by atoms with Crippen molar-refractivity contribution in [2.24, 2.45) is 5.10 Å². The van der Waals surface area contributed by atoms with Gasteiger partial charge in [-0.1, -0.05) is 0 Å². The van der Waals surface area contributed by atoms with Crippen molar-refractivity contribution in [2.45, 2.75) is 39.0 Å². The van der Waals surface area contributed by atoms with Crippen LogP contribution in [0.25, 0.3) is 0 Å². The molecule has 0 fully saturated rings. The van der Waals surface area contributed by atoms with Crippen LogP contribution < -0.4 is 5.43 Å². The van der Waals surface area contributed by atoms with Crippen LogP contribution in [0.3, 0.4) is 0 Å². The molecule has 26 heavy (non-hydrogen) atoms. The number of hydrogen-bond donors (Lipinski definition) is 1. The lowest BCUT2D eigenvalue weighted by Gasteiger charge is -2.12. The van der Waals surface area contributed by atoms with Gasteiger partial charge in [-0.05, 0) is 26.0 Å². The Kier molecular flexibility index (Phi) is 5.73. The van der Waals surface area contributed by atoms with Crippen LogP contribution in [-0.2, 0) is 11.3 Å². The predicted molar refractivity (Wildman–Crippen MR) is 80.7 cm³/mol. The van der Waals surface area contributed by atoms with E-state index in [1.165, 1.54) is 26.0 Å². The molecule has 1 atom stereocenters. The van der Waals surface area contributed by atoms with Gasteiger partial charge in [0.1, 0.15) is 24.0 Å². The fourth-order valence-electron chi connectivity index (χ4n) is 2.10. The van der Waals surface area contributed by atoms with Crippen LogP contribution in [0.5, 0.6) is 0 Å². The number of alkyl halides is 5. The highest BCUT2D eigenvalue weighted by molar-refractivity contribution is 5.82. The Morgan fingerprint density at radius 1 is 1.38 bits per heavy atom. The maximum Gasteiger partial charge on any atom is 0.408 e.